The van der Waals surface area contributed by atoms with E-state index in [0.717, 1.165) is 43.3 Å². The third-order valence-electron chi connectivity index (χ3n) is 4.56. The summed E-state index contributed by atoms with van der Waals surface area (Å²) >= 11 is 0. The number of nitrogens with one attached hydrogen (secondary N) is 1. The molecule has 1 aromatic heterocycles. The number of nitrogens with zero attached hydrogens (tertiary/aromatic N) is 3. The second kappa shape index (κ2) is 8.56. The molecule has 0 bridgehead atoms. The van der Waals surface area contributed by atoms with Gasteiger partial charge in [0.1, 0.15) is 11.6 Å². The second-order valence-corrected chi connectivity index (χ2v) is 6.31. The molecule has 0 radical (unpaired) electrons. The van der Waals surface area contributed by atoms with Gasteiger partial charge in [-0.2, -0.15) is 0 Å². The zero-order valence-corrected chi connectivity index (χ0v) is 15.4. The Morgan fingerprint density at radius 1 is 1.19 bits per heavy atom. The van der Waals surface area contributed by atoms with E-state index in [-0.39, 0.29) is 5.91 Å². The number of hydrogen-bond donors (Lipinski definition) is 1. The number of carbonyl (C=O) groups is 1. The summed E-state index contributed by atoms with van der Waals surface area (Å²) < 4.78 is 5.45. The van der Waals surface area contributed by atoms with Gasteiger partial charge in [0, 0.05) is 44.5 Å². The monoisotopic (exact) mass is 354 g/mol. The van der Waals surface area contributed by atoms with Crippen molar-refractivity contribution < 1.29 is 9.53 Å². The zero-order chi connectivity index (χ0) is 18.4. The number of rotatable bonds is 6. The number of para-hydroxylation sites is 2. The first-order valence-electron chi connectivity index (χ1n) is 9.10. The van der Waals surface area contributed by atoms with E-state index in [9.17, 15) is 4.79 Å². The van der Waals surface area contributed by atoms with Crippen molar-refractivity contribution in [3.05, 3.63) is 48.2 Å². The van der Waals surface area contributed by atoms with E-state index in [1.807, 2.05) is 29.2 Å². The van der Waals surface area contributed by atoms with E-state index in [4.69, 9.17) is 4.74 Å². The summed E-state index contributed by atoms with van der Waals surface area (Å²) in [5, 5.41) is 3.23. The molecular formula is C20H26N4O2. The number of ether oxygens (including phenoxy) is 1. The van der Waals surface area contributed by atoms with Crippen molar-refractivity contribution in [2.75, 3.05) is 50.1 Å². The Morgan fingerprint density at radius 3 is 2.69 bits per heavy atom. The van der Waals surface area contributed by atoms with Crippen LogP contribution >= 0.6 is 0 Å². The fourth-order valence-electron chi connectivity index (χ4n) is 3.14. The van der Waals surface area contributed by atoms with Crippen molar-refractivity contribution in [1.29, 1.82) is 0 Å². The van der Waals surface area contributed by atoms with Crippen LogP contribution < -0.4 is 15.0 Å². The maximum absolute atomic E-state index is 12.8. The molecule has 2 heterocycles. The lowest BCUT2D eigenvalue weighted by Crippen LogP contribution is -2.48. The summed E-state index contributed by atoms with van der Waals surface area (Å²) in [5.41, 5.74) is 1.77. The van der Waals surface area contributed by atoms with Crippen molar-refractivity contribution in [3.8, 4) is 5.75 Å². The Bertz CT molecular complexity index is 742. The summed E-state index contributed by atoms with van der Waals surface area (Å²) in [7, 11) is 1.69. The van der Waals surface area contributed by atoms with E-state index in [2.05, 4.69) is 28.2 Å². The van der Waals surface area contributed by atoms with Crippen LogP contribution in [-0.4, -0.2) is 55.6 Å². The number of piperazine rings is 1. The van der Waals surface area contributed by atoms with E-state index in [0.29, 0.717) is 18.7 Å². The predicted octanol–water partition coefficient (Wildman–Crippen LogP) is 2.87. The van der Waals surface area contributed by atoms with Gasteiger partial charge in [-0.3, -0.25) is 4.79 Å². The Kier molecular flexibility index (Phi) is 5.94. The number of anilines is 2. The minimum atomic E-state index is 0.0617. The lowest BCUT2D eigenvalue weighted by atomic mass is 10.2. The Hall–Kier alpha value is -2.76. The van der Waals surface area contributed by atoms with Crippen molar-refractivity contribution in [2.45, 2.75) is 13.3 Å². The van der Waals surface area contributed by atoms with E-state index in [1.165, 1.54) is 0 Å². The molecule has 0 aliphatic carbocycles. The molecule has 1 aliphatic heterocycles. The first kappa shape index (κ1) is 18.0. The SMILES string of the molecule is CCCNc1cc(C(=O)N2CCN(c3ccccc3OC)CC2)ccn1. The standard InChI is InChI=1S/C20H26N4O2/c1-3-9-21-19-15-16(8-10-22-19)20(25)24-13-11-23(12-14-24)17-6-4-5-7-18(17)26-2/h4-8,10,15H,3,9,11-14H2,1-2H3,(H,21,22). The van der Waals surface area contributed by atoms with E-state index in [1.54, 1.807) is 19.4 Å². The quantitative estimate of drug-likeness (QED) is 0.864. The number of aromatic nitrogens is 1. The fraction of sp³-hybridized carbons (Fsp3) is 0.400. The molecule has 0 atom stereocenters. The van der Waals surface area contributed by atoms with Crippen LogP contribution in [0.1, 0.15) is 23.7 Å². The average Bonchev–Trinajstić information content (AvgIpc) is 2.72. The fourth-order valence-corrected chi connectivity index (χ4v) is 3.14. The molecule has 6 nitrogen and oxygen atoms in total. The minimum Gasteiger partial charge on any atom is -0.495 e. The summed E-state index contributed by atoms with van der Waals surface area (Å²) in [6.07, 6.45) is 2.71. The Morgan fingerprint density at radius 2 is 1.96 bits per heavy atom. The lowest BCUT2D eigenvalue weighted by molar-refractivity contribution is 0.0746. The zero-order valence-electron chi connectivity index (χ0n) is 15.4. The summed E-state index contributed by atoms with van der Waals surface area (Å²) in [6.45, 7) is 5.91. The summed E-state index contributed by atoms with van der Waals surface area (Å²) in [6, 6.07) is 11.6. The van der Waals surface area contributed by atoms with Gasteiger partial charge in [-0.25, -0.2) is 4.98 Å². The van der Waals surface area contributed by atoms with Crippen molar-refractivity contribution >= 4 is 17.4 Å². The van der Waals surface area contributed by atoms with Crippen molar-refractivity contribution in [3.63, 3.8) is 0 Å². The Balaban J connectivity index is 1.63. The van der Waals surface area contributed by atoms with Crippen molar-refractivity contribution in [2.24, 2.45) is 0 Å². The molecule has 2 aromatic rings. The highest BCUT2D eigenvalue weighted by Gasteiger charge is 2.23. The second-order valence-electron chi connectivity index (χ2n) is 6.31. The highest BCUT2D eigenvalue weighted by atomic mass is 16.5. The van der Waals surface area contributed by atoms with Gasteiger partial charge in [0.05, 0.1) is 12.8 Å². The van der Waals surface area contributed by atoms with Crippen LogP contribution in [0, 0.1) is 0 Å². The Labute approximate surface area is 154 Å². The first-order valence-corrected chi connectivity index (χ1v) is 9.10. The van der Waals surface area contributed by atoms with Crippen molar-refractivity contribution in [1.82, 2.24) is 9.88 Å². The van der Waals surface area contributed by atoms with Crippen LogP contribution in [0.4, 0.5) is 11.5 Å². The maximum Gasteiger partial charge on any atom is 0.254 e. The van der Waals surface area contributed by atoms with Crippen LogP contribution in [0.5, 0.6) is 5.75 Å². The van der Waals surface area contributed by atoms with Gasteiger partial charge in [0.25, 0.3) is 5.91 Å². The number of methoxy groups -OCH3 is 1. The highest BCUT2D eigenvalue weighted by Crippen LogP contribution is 2.28. The average molecular weight is 354 g/mol. The molecular weight excluding hydrogens is 328 g/mol. The predicted molar refractivity (Wildman–Crippen MR) is 104 cm³/mol. The molecule has 0 unspecified atom stereocenters. The van der Waals surface area contributed by atoms with Gasteiger partial charge in [-0.1, -0.05) is 19.1 Å². The molecule has 1 aromatic carbocycles. The van der Waals surface area contributed by atoms with E-state index >= 15 is 0 Å². The maximum atomic E-state index is 12.8. The third-order valence-corrected chi connectivity index (χ3v) is 4.56. The largest absolute Gasteiger partial charge is 0.495 e. The molecule has 1 saturated heterocycles. The topological polar surface area (TPSA) is 57.7 Å². The molecule has 1 aliphatic rings. The van der Waals surface area contributed by atoms with Crippen LogP contribution in [0.25, 0.3) is 0 Å². The number of benzene rings is 1. The third kappa shape index (κ3) is 4.07. The van der Waals surface area contributed by atoms with Gasteiger partial charge >= 0.3 is 0 Å². The number of pyridine rings is 1. The number of amides is 1. The molecule has 26 heavy (non-hydrogen) atoms. The summed E-state index contributed by atoms with van der Waals surface area (Å²) in [5.74, 6) is 1.69. The molecule has 1 fully saturated rings. The number of hydrogen-bond acceptors (Lipinski definition) is 5. The van der Waals surface area contributed by atoms with Gasteiger partial charge in [-0.05, 0) is 30.7 Å². The van der Waals surface area contributed by atoms with Gasteiger partial charge in [0.2, 0.25) is 0 Å². The van der Waals surface area contributed by atoms with Crippen LogP contribution in [-0.2, 0) is 0 Å². The van der Waals surface area contributed by atoms with Crippen LogP contribution in [0.2, 0.25) is 0 Å². The molecule has 6 heteroatoms. The van der Waals surface area contributed by atoms with Crippen LogP contribution in [0.3, 0.4) is 0 Å². The molecule has 3 rings (SSSR count). The molecule has 138 valence electrons. The normalized spacial score (nSPS) is 14.2. The van der Waals surface area contributed by atoms with Gasteiger partial charge < -0.3 is 19.9 Å². The first-order chi connectivity index (χ1) is 12.7. The lowest BCUT2D eigenvalue weighted by Gasteiger charge is -2.36. The molecule has 1 amide bonds. The minimum absolute atomic E-state index is 0.0617. The smallest absolute Gasteiger partial charge is 0.254 e. The highest BCUT2D eigenvalue weighted by molar-refractivity contribution is 5.95. The van der Waals surface area contributed by atoms with Gasteiger partial charge in [0.15, 0.2) is 0 Å². The van der Waals surface area contributed by atoms with E-state index < -0.39 is 0 Å². The number of carbonyl (C=O) groups excluding carboxylic acids is 1. The molecule has 1 N–H and O–H groups in total. The summed E-state index contributed by atoms with van der Waals surface area (Å²) in [4.78, 5) is 21.3. The van der Waals surface area contributed by atoms with Gasteiger partial charge in [-0.15, -0.1) is 0 Å². The van der Waals surface area contributed by atoms with Crippen LogP contribution in [0.15, 0.2) is 42.6 Å². The molecule has 0 saturated carbocycles. The molecule has 0 spiro atoms.